The van der Waals surface area contributed by atoms with Crippen molar-refractivity contribution in [3.8, 4) is 0 Å². The predicted octanol–water partition coefficient (Wildman–Crippen LogP) is 2.46. The molecule has 0 aliphatic carbocycles. The van der Waals surface area contributed by atoms with Gasteiger partial charge in [0.1, 0.15) is 6.54 Å². The molecule has 0 aromatic carbocycles. The molecule has 1 aromatic rings. The zero-order valence-electron chi connectivity index (χ0n) is 12.6. The van der Waals surface area contributed by atoms with E-state index in [2.05, 4.69) is 36.7 Å². The maximum Gasteiger partial charge on any atom is 0.240 e. The van der Waals surface area contributed by atoms with Gasteiger partial charge in [0.25, 0.3) is 0 Å². The molecule has 1 atom stereocenters. The van der Waals surface area contributed by atoms with Gasteiger partial charge < -0.3 is 15.2 Å². The number of carbonyl (C=O) groups is 1. The minimum atomic E-state index is 0.0626. The second-order valence-corrected chi connectivity index (χ2v) is 5.24. The molecule has 0 saturated carbocycles. The summed E-state index contributed by atoms with van der Waals surface area (Å²) in [4.78, 5) is 11.7. The molecule has 1 aromatic heterocycles. The molecular formula is C15H27N3O. The van der Waals surface area contributed by atoms with Crippen LogP contribution in [0.3, 0.4) is 0 Å². The molecule has 0 aliphatic heterocycles. The third-order valence-electron chi connectivity index (χ3n) is 2.98. The van der Waals surface area contributed by atoms with Crippen LogP contribution in [0.1, 0.15) is 52.1 Å². The molecule has 1 unspecified atom stereocenters. The topological polar surface area (TPSA) is 46.1 Å². The van der Waals surface area contributed by atoms with Crippen molar-refractivity contribution in [2.24, 2.45) is 0 Å². The lowest BCUT2D eigenvalue weighted by molar-refractivity contribution is -0.122. The quantitative estimate of drug-likeness (QED) is 0.758. The fourth-order valence-electron chi connectivity index (χ4n) is 2.22. The standard InChI is InChI=1S/C15H27N3O/c1-5-7-14(16-6-2)13-8-9-18(10-13)11-15(19)17-12(3)4/h8-10,12,14,16H,5-7,11H2,1-4H3,(H,17,19). The molecule has 19 heavy (non-hydrogen) atoms. The zero-order chi connectivity index (χ0) is 14.3. The summed E-state index contributed by atoms with van der Waals surface area (Å²) in [5, 5.41) is 6.39. The molecule has 4 nitrogen and oxygen atoms in total. The zero-order valence-corrected chi connectivity index (χ0v) is 12.6. The molecule has 0 radical (unpaired) electrons. The van der Waals surface area contributed by atoms with Crippen LogP contribution in [-0.4, -0.2) is 23.1 Å². The lowest BCUT2D eigenvalue weighted by Crippen LogP contribution is -2.32. The fourth-order valence-corrected chi connectivity index (χ4v) is 2.22. The number of nitrogens with zero attached hydrogens (tertiary/aromatic N) is 1. The van der Waals surface area contributed by atoms with Crippen molar-refractivity contribution in [3.63, 3.8) is 0 Å². The predicted molar refractivity (Wildman–Crippen MR) is 79.0 cm³/mol. The van der Waals surface area contributed by atoms with Crippen LogP contribution >= 0.6 is 0 Å². The Morgan fingerprint density at radius 2 is 2.11 bits per heavy atom. The van der Waals surface area contributed by atoms with E-state index < -0.39 is 0 Å². The van der Waals surface area contributed by atoms with Gasteiger partial charge in [-0.25, -0.2) is 0 Å². The van der Waals surface area contributed by atoms with Crippen molar-refractivity contribution in [2.75, 3.05) is 6.54 Å². The van der Waals surface area contributed by atoms with Gasteiger partial charge in [0.15, 0.2) is 0 Å². The van der Waals surface area contributed by atoms with Gasteiger partial charge in [-0.3, -0.25) is 4.79 Å². The van der Waals surface area contributed by atoms with Crippen LogP contribution in [0.5, 0.6) is 0 Å². The second kappa shape index (κ2) is 8.00. The largest absolute Gasteiger partial charge is 0.352 e. The van der Waals surface area contributed by atoms with Crippen LogP contribution < -0.4 is 10.6 Å². The van der Waals surface area contributed by atoms with Crippen molar-refractivity contribution in [1.29, 1.82) is 0 Å². The van der Waals surface area contributed by atoms with E-state index in [0.717, 1.165) is 19.4 Å². The van der Waals surface area contributed by atoms with Gasteiger partial charge >= 0.3 is 0 Å². The molecular weight excluding hydrogens is 238 g/mol. The molecule has 0 saturated heterocycles. The Balaban J connectivity index is 2.61. The summed E-state index contributed by atoms with van der Waals surface area (Å²) in [5.41, 5.74) is 1.26. The Labute approximate surface area is 116 Å². The third-order valence-corrected chi connectivity index (χ3v) is 2.98. The Morgan fingerprint density at radius 3 is 2.68 bits per heavy atom. The number of hydrogen-bond acceptors (Lipinski definition) is 2. The van der Waals surface area contributed by atoms with Gasteiger partial charge in [0.2, 0.25) is 5.91 Å². The van der Waals surface area contributed by atoms with E-state index in [4.69, 9.17) is 0 Å². The summed E-state index contributed by atoms with van der Waals surface area (Å²) in [7, 11) is 0. The molecule has 4 heteroatoms. The summed E-state index contributed by atoms with van der Waals surface area (Å²) in [5.74, 6) is 0.0626. The van der Waals surface area contributed by atoms with E-state index in [9.17, 15) is 4.79 Å². The first kappa shape index (κ1) is 15.8. The normalized spacial score (nSPS) is 12.7. The monoisotopic (exact) mass is 265 g/mol. The van der Waals surface area contributed by atoms with Crippen LogP contribution in [0.2, 0.25) is 0 Å². The maximum atomic E-state index is 11.7. The minimum Gasteiger partial charge on any atom is -0.352 e. The summed E-state index contributed by atoms with van der Waals surface area (Å²) >= 11 is 0. The van der Waals surface area contributed by atoms with E-state index in [1.54, 1.807) is 0 Å². The first-order chi connectivity index (χ1) is 9.06. The highest BCUT2D eigenvalue weighted by Gasteiger charge is 2.11. The van der Waals surface area contributed by atoms with E-state index >= 15 is 0 Å². The molecule has 0 spiro atoms. The Kier molecular flexibility index (Phi) is 6.64. The SMILES string of the molecule is CCCC(NCC)c1ccn(CC(=O)NC(C)C)c1. The van der Waals surface area contributed by atoms with Crippen LogP contribution in [0, 0.1) is 0 Å². The van der Waals surface area contributed by atoms with Gasteiger partial charge in [0, 0.05) is 24.5 Å². The van der Waals surface area contributed by atoms with Crippen molar-refractivity contribution >= 4 is 5.91 Å². The van der Waals surface area contributed by atoms with Crippen molar-refractivity contribution in [3.05, 3.63) is 24.0 Å². The van der Waals surface area contributed by atoms with E-state index in [-0.39, 0.29) is 11.9 Å². The molecule has 0 aliphatic rings. The number of carbonyl (C=O) groups excluding carboxylic acids is 1. The van der Waals surface area contributed by atoms with Gasteiger partial charge in [-0.05, 0) is 38.4 Å². The van der Waals surface area contributed by atoms with Gasteiger partial charge in [0.05, 0.1) is 0 Å². The van der Waals surface area contributed by atoms with E-state index in [1.165, 1.54) is 5.56 Å². The first-order valence-electron chi connectivity index (χ1n) is 7.25. The summed E-state index contributed by atoms with van der Waals surface area (Å²) in [6.07, 6.45) is 6.32. The minimum absolute atomic E-state index is 0.0626. The van der Waals surface area contributed by atoms with Crippen LogP contribution in [0.4, 0.5) is 0 Å². The Morgan fingerprint density at radius 1 is 1.37 bits per heavy atom. The number of amides is 1. The van der Waals surface area contributed by atoms with Crippen molar-refractivity contribution in [1.82, 2.24) is 15.2 Å². The number of nitrogens with one attached hydrogen (secondary N) is 2. The van der Waals surface area contributed by atoms with E-state index in [1.807, 2.05) is 24.6 Å². The van der Waals surface area contributed by atoms with Crippen molar-refractivity contribution < 1.29 is 4.79 Å². The van der Waals surface area contributed by atoms with Crippen LogP contribution in [0.25, 0.3) is 0 Å². The van der Waals surface area contributed by atoms with E-state index in [0.29, 0.717) is 12.6 Å². The molecule has 1 heterocycles. The summed E-state index contributed by atoms with van der Waals surface area (Å²) in [6.45, 7) is 9.61. The summed E-state index contributed by atoms with van der Waals surface area (Å²) < 4.78 is 1.95. The Bertz CT molecular complexity index is 378. The maximum absolute atomic E-state index is 11.7. The van der Waals surface area contributed by atoms with Gasteiger partial charge in [-0.15, -0.1) is 0 Å². The lowest BCUT2D eigenvalue weighted by atomic mass is 10.1. The molecule has 0 bridgehead atoms. The fraction of sp³-hybridized carbons (Fsp3) is 0.667. The third kappa shape index (κ3) is 5.47. The first-order valence-corrected chi connectivity index (χ1v) is 7.25. The average molecular weight is 265 g/mol. The molecule has 2 N–H and O–H groups in total. The van der Waals surface area contributed by atoms with Crippen molar-refractivity contribution in [2.45, 2.75) is 59.2 Å². The molecule has 1 amide bonds. The smallest absolute Gasteiger partial charge is 0.240 e. The highest BCUT2D eigenvalue weighted by molar-refractivity contribution is 5.76. The highest BCUT2D eigenvalue weighted by Crippen LogP contribution is 2.18. The lowest BCUT2D eigenvalue weighted by Gasteiger charge is -2.15. The highest BCUT2D eigenvalue weighted by atomic mass is 16.2. The molecule has 108 valence electrons. The Hall–Kier alpha value is -1.29. The van der Waals surface area contributed by atoms with Gasteiger partial charge in [-0.2, -0.15) is 0 Å². The second-order valence-electron chi connectivity index (χ2n) is 5.24. The van der Waals surface area contributed by atoms with Crippen LogP contribution in [-0.2, 0) is 11.3 Å². The van der Waals surface area contributed by atoms with Gasteiger partial charge in [-0.1, -0.05) is 20.3 Å². The molecule has 0 fully saturated rings. The van der Waals surface area contributed by atoms with Crippen LogP contribution in [0.15, 0.2) is 18.5 Å². The number of aromatic nitrogens is 1. The summed E-state index contributed by atoms with van der Waals surface area (Å²) in [6, 6.07) is 2.69. The average Bonchev–Trinajstić information content (AvgIpc) is 2.76. The molecule has 1 rings (SSSR count). The number of hydrogen-bond donors (Lipinski definition) is 2. The number of rotatable bonds is 8.